The molecule has 0 bridgehead atoms. The van der Waals surface area contributed by atoms with Crippen LogP contribution in [0, 0.1) is 0 Å². The molecule has 0 aromatic rings. The van der Waals surface area contributed by atoms with Crippen LogP contribution in [0.4, 0.5) is 0 Å². The van der Waals surface area contributed by atoms with Gasteiger partial charge in [-0.25, -0.2) is 4.79 Å². The summed E-state index contributed by atoms with van der Waals surface area (Å²) in [6.45, 7) is 3.43. The quantitative estimate of drug-likeness (QED) is 0.555. The highest BCUT2D eigenvalue weighted by molar-refractivity contribution is 8.00. The summed E-state index contributed by atoms with van der Waals surface area (Å²) in [5.41, 5.74) is 0. The van der Waals surface area contributed by atoms with Gasteiger partial charge in [0.25, 0.3) is 0 Å². The molecule has 7 heteroatoms. The van der Waals surface area contributed by atoms with Crippen molar-refractivity contribution in [1.82, 2.24) is 5.32 Å². The molecule has 0 aliphatic carbocycles. The summed E-state index contributed by atoms with van der Waals surface area (Å²) in [4.78, 5) is 22.1. The standard InChI is InChI=1S/C14H25NO5S/c1-3-4-5-6-11-12(7-13(17)20-11)21-8-10(14(18)19)15-9(2)16/h10-13,17H,3-8H2,1-2H3,(H,15,16)(H,18,19). The van der Waals surface area contributed by atoms with Gasteiger partial charge in [-0.2, -0.15) is 11.8 Å². The lowest BCUT2D eigenvalue weighted by Gasteiger charge is -2.20. The van der Waals surface area contributed by atoms with E-state index in [1.807, 2.05) is 0 Å². The molecule has 0 aromatic carbocycles. The predicted octanol–water partition coefficient (Wildman–Crippen LogP) is 1.37. The van der Waals surface area contributed by atoms with Crippen molar-refractivity contribution >= 4 is 23.6 Å². The van der Waals surface area contributed by atoms with Gasteiger partial charge in [0.1, 0.15) is 6.04 Å². The Labute approximate surface area is 129 Å². The van der Waals surface area contributed by atoms with Gasteiger partial charge in [0.15, 0.2) is 6.29 Å². The zero-order valence-corrected chi connectivity index (χ0v) is 13.4. The number of hydrogen-bond donors (Lipinski definition) is 3. The molecule has 0 radical (unpaired) electrons. The second-order valence-corrected chi connectivity index (χ2v) is 6.60. The highest BCUT2D eigenvalue weighted by Gasteiger charge is 2.35. The monoisotopic (exact) mass is 319 g/mol. The first-order valence-corrected chi connectivity index (χ1v) is 8.44. The Morgan fingerprint density at radius 1 is 1.43 bits per heavy atom. The largest absolute Gasteiger partial charge is 0.480 e. The lowest BCUT2D eigenvalue weighted by molar-refractivity contribution is -0.140. The van der Waals surface area contributed by atoms with Crippen molar-refractivity contribution in [2.75, 3.05) is 5.75 Å². The van der Waals surface area contributed by atoms with E-state index in [2.05, 4.69) is 12.2 Å². The zero-order valence-electron chi connectivity index (χ0n) is 12.6. The first kappa shape index (κ1) is 18.3. The van der Waals surface area contributed by atoms with Crippen LogP contribution in [-0.2, 0) is 14.3 Å². The van der Waals surface area contributed by atoms with Gasteiger partial charge in [-0.15, -0.1) is 0 Å². The van der Waals surface area contributed by atoms with Crippen LogP contribution in [0.25, 0.3) is 0 Å². The highest BCUT2D eigenvalue weighted by Crippen LogP contribution is 2.33. The number of aliphatic hydroxyl groups excluding tert-OH is 1. The van der Waals surface area contributed by atoms with Crippen LogP contribution in [0.15, 0.2) is 0 Å². The van der Waals surface area contributed by atoms with Crippen molar-refractivity contribution in [2.24, 2.45) is 0 Å². The Bertz CT molecular complexity index is 352. The minimum absolute atomic E-state index is 0.0386. The topological polar surface area (TPSA) is 95.9 Å². The van der Waals surface area contributed by atoms with Gasteiger partial charge in [-0.3, -0.25) is 4.79 Å². The van der Waals surface area contributed by atoms with Crippen LogP contribution in [0.5, 0.6) is 0 Å². The third kappa shape index (κ3) is 6.67. The maximum absolute atomic E-state index is 11.1. The molecule has 4 atom stereocenters. The Hall–Kier alpha value is -0.790. The van der Waals surface area contributed by atoms with Crippen molar-refractivity contribution < 1.29 is 24.5 Å². The van der Waals surface area contributed by atoms with Gasteiger partial charge < -0.3 is 20.3 Å². The number of ether oxygens (including phenoxy) is 1. The van der Waals surface area contributed by atoms with E-state index in [1.165, 1.54) is 18.7 Å². The van der Waals surface area contributed by atoms with Crippen LogP contribution in [0.1, 0.15) is 46.0 Å². The minimum atomic E-state index is -1.04. The number of aliphatic hydroxyl groups is 1. The molecule has 1 fully saturated rings. The van der Waals surface area contributed by atoms with E-state index in [-0.39, 0.29) is 23.0 Å². The van der Waals surface area contributed by atoms with Crippen molar-refractivity contribution in [3.05, 3.63) is 0 Å². The highest BCUT2D eigenvalue weighted by atomic mass is 32.2. The van der Waals surface area contributed by atoms with E-state index in [4.69, 9.17) is 9.84 Å². The number of rotatable bonds is 9. The molecule has 1 saturated heterocycles. The number of carbonyl (C=O) groups excluding carboxylic acids is 1. The average Bonchev–Trinajstić information content (AvgIpc) is 2.74. The molecule has 1 aliphatic heterocycles. The Morgan fingerprint density at radius 3 is 2.71 bits per heavy atom. The number of carboxylic acids is 1. The molecule has 1 amide bonds. The summed E-state index contributed by atoms with van der Waals surface area (Å²) in [5.74, 6) is -1.12. The number of nitrogens with one attached hydrogen (secondary N) is 1. The van der Waals surface area contributed by atoms with E-state index < -0.39 is 18.3 Å². The number of amides is 1. The van der Waals surface area contributed by atoms with E-state index in [9.17, 15) is 14.7 Å². The number of thioether (sulfide) groups is 1. The molecule has 3 N–H and O–H groups in total. The van der Waals surface area contributed by atoms with Crippen LogP contribution in [-0.4, -0.2) is 51.5 Å². The van der Waals surface area contributed by atoms with Crippen LogP contribution in [0.2, 0.25) is 0 Å². The second-order valence-electron chi connectivity index (χ2n) is 5.32. The molecule has 0 aromatic heterocycles. The molecule has 0 spiro atoms. The first-order chi connectivity index (χ1) is 9.93. The van der Waals surface area contributed by atoms with Gasteiger partial charge in [0.2, 0.25) is 5.91 Å². The molecular weight excluding hydrogens is 294 g/mol. The van der Waals surface area contributed by atoms with Crippen molar-refractivity contribution in [3.63, 3.8) is 0 Å². The van der Waals surface area contributed by atoms with Crippen LogP contribution in [0.3, 0.4) is 0 Å². The zero-order chi connectivity index (χ0) is 15.8. The molecule has 4 unspecified atom stereocenters. The van der Waals surface area contributed by atoms with Crippen molar-refractivity contribution in [3.8, 4) is 0 Å². The summed E-state index contributed by atoms with van der Waals surface area (Å²) >= 11 is 1.45. The summed E-state index contributed by atoms with van der Waals surface area (Å²) in [7, 11) is 0. The number of hydrogen-bond acceptors (Lipinski definition) is 5. The van der Waals surface area contributed by atoms with Gasteiger partial charge in [0, 0.05) is 24.3 Å². The second kappa shape index (κ2) is 9.27. The fourth-order valence-electron chi connectivity index (χ4n) is 2.36. The van der Waals surface area contributed by atoms with E-state index in [0.717, 1.165) is 25.7 Å². The third-order valence-electron chi connectivity index (χ3n) is 3.43. The first-order valence-electron chi connectivity index (χ1n) is 7.39. The maximum atomic E-state index is 11.1. The Kier molecular flexibility index (Phi) is 8.06. The smallest absolute Gasteiger partial charge is 0.327 e. The third-order valence-corrected chi connectivity index (χ3v) is 4.88. The Morgan fingerprint density at radius 2 is 2.14 bits per heavy atom. The number of unbranched alkanes of at least 4 members (excludes halogenated alkanes) is 2. The Balaban J connectivity index is 2.45. The van der Waals surface area contributed by atoms with Crippen LogP contribution < -0.4 is 5.32 Å². The molecule has 1 aliphatic rings. The fraction of sp³-hybridized carbons (Fsp3) is 0.857. The number of carboxylic acid groups (broad SMARTS) is 1. The van der Waals surface area contributed by atoms with Crippen molar-refractivity contribution in [2.45, 2.75) is 69.6 Å². The van der Waals surface area contributed by atoms with Gasteiger partial charge >= 0.3 is 5.97 Å². The summed E-state index contributed by atoms with van der Waals surface area (Å²) < 4.78 is 5.49. The average molecular weight is 319 g/mol. The number of aliphatic carboxylic acids is 1. The van der Waals surface area contributed by atoms with E-state index >= 15 is 0 Å². The normalized spacial score (nSPS) is 26.5. The van der Waals surface area contributed by atoms with Crippen LogP contribution >= 0.6 is 11.8 Å². The van der Waals surface area contributed by atoms with E-state index in [1.54, 1.807) is 0 Å². The molecular formula is C14H25NO5S. The summed E-state index contributed by atoms with van der Waals surface area (Å²) in [6.07, 6.45) is 3.86. The van der Waals surface area contributed by atoms with E-state index in [0.29, 0.717) is 6.42 Å². The lowest BCUT2D eigenvalue weighted by atomic mass is 10.1. The van der Waals surface area contributed by atoms with Crippen molar-refractivity contribution in [1.29, 1.82) is 0 Å². The molecule has 122 valence electrons. The maximum Gasteiger partial charge on any atom is 0.327 e. The van der Waals surface area contributed by atoms with Gasteiger partial charge in [-0.05, 0) is 6.42 Å². The molecule has 21 heavy (non-hydrogen) atoms. The fourth-order valence-corrected chi connectivity index (χ4v) is 3.74. The molecule has 1 rings (SSSR count). The van der Waals surface area contributed by atoms with Gasteiger partial charge in [-0.1, -0.05) is 26.2 Å². The molecule has 0 saturated carbocycles. The summed E-state index contributed by atoms with van der Waals surface area (Å²) in [6, 6.07) is -0.901. The SMILES string of the molecule is CCCCCC1OC(O)CC1SCC(NC(C)=O)C(=O)O. The number of carbonyl (C=O) groups is 2. The molecule has 6 nitrogen and oxygen atoms in total. The minimum Gasteiger partial charge on any atom is -0.480 e. The summed E-state index contributed by atoms with van der Waals surface area (Å²) in [5, 5.41) is 21.2. The lowest BCUT2D eigenvalue weighted by Crippen LogP contribution is -2.42. The predicted molar refractivity (Wildman–Crippen MR) is 81.1 cm³/mol. The van der Waals surface area contributed by atoms with Gasteiger partial charge in [0.05, 0.1) is 6.10 Å². The molecule has 1 heterocycles.